The molecule has 0 fully saturated rings. The predicted molar refractivity (Wildman–Crippen MR) is 150 cm³/mol. The largest absolute Gasteiger partial charge is 0.493 e. The fourth-order valence-corrected chi connectivity index (χ4v) is 4.42. The SMILES string of the molecule is COc1ccc(CC(=O)N(Cc2ccc(F)cc2)[C@H](Cc2ccccc2)C(=O)NCc2cccnc2)cc1OC. The van der Waals surface area contributed by atoms with Gasteiger partial charge in [0.15, 0.2) is 11.5 Å². The highest BCUT2D eigenvalue weighted by Gasteiger charge is 2.30. The number of halogens is 1. The molecule has 3 aromatic carbocycles. The summed E-state index contributed by atoms with van der Waals surface area (Å²) in [5, 5.41) is 2.98. The van der Waals surface area contributed by atoms with Crippen molar-refractivity contribution in [1.29, 1.82) is 0 Å². The standard InChI is InChI=1S/C32H32FN3O4/c1-39-29-15-12-25(18-30(29)40-2)19-31(37)36(22-24-10-13-27(33)14-11-24)28(17-23-7-4-3-5-8-23)32(38)35-21-26-9-6-16-34-20-26/h3-16,18,20,28H,17,19,21-22H2,1-2H3,(H,35,38)/t28-/m1/s1. The van der Waals surface area contributed by atoms with E-state index in [-0.39, 0.29) is 37.1 Å². The van der Waals surface area contributed by atoms with Gasteiger partial charge in [0.2, 0.25) is 11.8 Å². The van der Waals surface area contributed by atoms with Gasteiger partial charge in [-0.25, -0.2) is 4.39 Å². The molecule has 0 aliphatic heterocycles. The van der Waals surface area contributed by atoms with Gasteiger partial charge in [-0.1, -0.05) is 54.6 Å². The van der Waals surface area contributed by atoms with Crippen LogP contribution in [0, 0.1) is 5.82 Å². The Morgan fingerprint density at radius 3 is 2.23 bits per heavy atom. The third-order valence-corrected chi connectivity index (χ3v) is 6.53. The molecule has 0 aliphatic carbocycles. The smallest absolute Gasteiger partial charge is 0.243 e. The average molecular weight is 542 g/mol. The van der Waals surface area contributed by atoms with E-state index < -0.39 is 6.04 Å². The zero-order valence-electron chi connectivity index (χ0n) is 22.5. The lowest BCUT2D eigenvalue weighted by atomic mass is 10.0. The van der Waals surface area contributed by atoms with E-state index in [4.69, 9.17) is 9.47 Å². The number of nitrogens with one attached hydrogen (secondary N) is 1. The molecule has 0 bridgehead atoms. The summed E-state index contributed by atoms with van der Waals surface area (Å²) in [4.78, 5) is 33.3. The van der Waals surface area contributed by atoms with Gasteiger partial charge in [0.25, 0.3) is 0 Å². The van der Waals surface area contributed by atoms with E-state index in [1.807, 2.05) is 36.4 Å². The van der Waals surface area contributed by atoms with Crippen molar-refractivity contribution in [2.45, 2.75) is 32.0 Å². The zero-order valence-corrected chi connectivity index (χ0v) is 22.5. The van der Waals surface area contributed by atoms with Crippen molar-refractivity contribution in [2.75, 3.05) is 14.2 Å². The summed E-state index contributed by atoms with van der Waals surface area (Å²) in [5.41, 5.74) is 3.17. The van der Waals surface area contributed by atoms with Crippen LogP contribution in [0.3, 0.4) is 0 Å². The van der Waals surface area contributed by atoms with Gasteiger partial charge in [-0.15, -0.1) is 0 Å². The number of carbonyl (C=O) groups is 2. The normalized spacial score (nSPS) is 11.4. The van der Waals surface area contributed by atoms with Gasteiger partial charge in [-0.3, -0.25) is 14.6 Å². The van der Waals surface area contributed by atoms with Crippen LogP contribution in [0.1, 0.15) is 22.3 Å². The molecule has 1 heterocycles. The number of methoxy groups -OCH3 is 2. The second-order valence-corrected chi connectivity index (χ2v) is 9.30. The van der Waals surface area contributed by atoms with Crippen LogP contribution in [0.2, 0.25) is 0 Å². The molecule has 7 nitrogen and oxygen atoms in total. The number of hydrogen-bond donors (Lipinski definition) is 1. The third kappa shape index (κ3) is 7.66. The molecule has 1 aromatic heterocycles. The molecule has 40 heavy (non-hydrogen) atoms. The predicted octanol–water partition coefficient (Wildman–Crippen LogP) is 4.74. The van der Waals surface area contributed by atoms with Gasteiger partial charge in [-0.2, -0.15) is 0 Å². The molecule has 4 rings (SSSR count). The number of pyridine rings is 1. The molecule has 8 heteroatoms. The Morgan fingerprint density at radius 1 is 0.850 bits per heavy atom. The van der Waals surface area contributed by atoms with Crippen molar-refractivity contribution in [2.24, 2.45) is 0 Å². The molecule has 0 spiro atoms. The lowest BCUT2D eigenvalue weighted by Gasteiger charge is -2.32. The third-order valence-electron chi connectivity index (χ3n) is 6.53. The number of ether oxygens (including phenoxy) is 2. The number of nitrogens with zero attached hydrogens (tertiary/aromatic N) is 2. The van der Waals surface area contributed by atoms with Crippen LogP contribution in [0.25, 0.3) is 0 Å². The minimum atomic E-state index is -0.822. The van der Waals surface area contributed by atoms with E-state index >= 15 is 0 Å². The fraction of sp³-hybridized carbons (Fsp3) is 0.219. The van der Waals surface area contributed by atoms with E-state index in [1.165, 1.54) is 19.2 Å². The number of aromatic nitrogens is 1. The Balaban J connectivity index is 1.66. The molecule has 0 aliphatic rings. The maximum Gasteiger partial charge on any atom is 0.243 e. The van der Waals surface area contributed by atoms with E-state index in [1.54, 1.807) is 60.8 Å². The number of carbonyl (C=O) groups excluding carboxylic acids is 2. The average Bonchev–Trinajstić information content (AvgIpc) is 2.99. The summed E-state index contributed by atoms with van der Waals surface area (Å²) >= 11 is 0. The lowest BCUT2D eigenvalue weighted by molar-refractivity contribution is -0.140. The molecule has 0 saturated heterocycles. The van der Waals surface area contributed by atoms with Crippen LogP contribution in [-0.2, 0) is 35.5 Å². The van der Waals surface area contributed by atoms with Crippen molar-refractivity contribution in [3.05, 3.63) is 125 Å². The van der Waals surface area contributed by atoms with Gasteiger partial charge < -0.3 is 19.7 Å². The highest BCUT2D eigenvalue weighted by Crippen LogP contribution is 2.28. The van der Waals surface area contributed by atoms with Gasteiger partial charge in [0, 0.05) is 31.9 Å². The number of amides is 2. The van der Waals surface area contributed by atoms with E-state index in [9.17, 15) is 14.0 Å². The minimum Gasteiger partial charge on any atom is -0.493 e. The summed E-state index contributed by atoms with van der Waals surface area (Å²) in [6.07, 6.45) is 3.69. The summed E-state index contributed by atoms with van der Waals surface area (Å²) in [5.74, 6) is 0.137. The second-order valence-electron chi connectivity index (χ2n) is 9.30. The first kappa shape index (κ1) is 28.3. The lowest BCUT2D eigenvalue weighted by Crippen LogP contribution is -2.50. The Kier molecular flexibility index (Phi) is 9.83. The molecule has 4 aromatic rings. The Morgan fingerprint density at radius 2 is 1.55 bits per heavy atom. The minimum absolute atomic E-state index is 0.0305. The Labute approximate surface area is 233 Å². The van der Waals surface area contributed by atoms with Crippen molar-refractivity contribution in [3.63, 3.8) is 0 Å². The van der Waals surface area contributed by atoms with E-state index in [0.29, 0.717) is 29.0 Å². The Hall–Kier alpha value is -4.72. The Bertz CT molecular complexity index is 1400. The summed E-state index contributed by atoms with van der Waals surface area (Å²) in [7, 11) is 3.08. The number of hydrogen-bond acceptors (Lipinski definition) is 5. The van der Waals surface area contributed by atoms with Gasteiger partial charge >= 0.3 is 0 Å². The van der Waals surface area contributed by atoms with Crippen LogP contribution >= 0.6 is 0 Å². The summed E-state index contributed by atoms with van der Waals surface area (Å²) in [6, 6.07) is 23.6. The molecule has 1 atom stereocenters. The van der Waals surface area contributed by atoms with Crippen molar-refractivity contribution in [3.8, 4) is 11.5 Å². The zero-order chi connectivity index (χ0) is 28.3. The summed E-state index contributed by atoms with van der Waals surface area (Å²) < 4.78 is 24.4. The van der Waals surface area contributed by atoms with Crippen LogP contribution < -0.4 is 14.8 Å². The highest BCUT2D eigenvalue weighted by atomic mass is 19.1. The van der Waals surface area contributed by atoms with Crippen molar-refractivity contribution >= 4 is 11.8 Å². The second kappa shape index (κ2) is 13.9. The summed E-state index contributed by atoms with van der Waals surface area (Å²) in [6.45, 7) is 0.399. The molecule has 0 unspecified atom stereocenters. The maximum absolute atomic E-state index is 13.9. The highest BCUT2D eigenvalue weighted by molar-refractivity contribution is 5.89. The fourth-order valence-electron chi connectivity index (χ4n) is 4.42. The number of benzene rings is 3. The van der Waals surface area contributed by atoms with Crippen LogP contribution in [0.15, 0.2) is 97.3 Å². The molecular formula is C32H32FN3O4. The monoisotopic (exact) mass is 541 g/mol. The van der Waals surface area contributed by atoms with Gasteiger partial charge in [-0.05, 0) is 52.6 Å². The number of rotatable bonds is 12. The quantitative estimate of drug-likeness (QED) is 0.280. The molecular weight excluding hydrogens is 509 g/mol. The van der Waals surface area contributed by atoms with Crippen LogP contribution in [0.4, 0.5) is 4.39 Å². The molecule has 2 amide bonds. The van der Waals surface area contributed by atoms with Gasteiger partial charge in [0.1, 0.15) is 11.9 Å². The van der Waals surface area contributed by atoms with E-state index in [0.717, 1.165) is 11.1 Å². The van der Waals surface area contributed by atoms with Gasteiger partial charge in [0.05, 0.1) is 20.6 Å². The van der Waals surface area contributed by atoms with Crippen LogP contribution in [0.5, 0.6) is 11.5 Å². The van der Waals surface area contributed by atoms with Crippen molar-refractivity contribution < 1.29 is 23.5 Å². The maximum atomic E-state index is 13.9. The van der Waals surface area contributed by atoms with Crippen molar-refractivity contribution in [1.82, 2.24) is 15.2 Å². The molecule has 1 N–H and O–H groups in total. The van der Waals surface area contributed by atoms with E-state index in [2.05, 4.69) is 10.3 Å². The molecule has 0 saturated carbocycles. The molecule has 0 radical (unpaired) electrons. The first-order valence-corrected chi connectivity index (χ1v) is 12.9. The first-order chi connectivity index (χ1) is 19.5. The molecule has 206 valence electrons. The van der Waals surface area contributed by atoms with Crippen LogP contribution in [-0.4, -0.2) is 42.0 Å². The topological polar surface area (TPSA) is 80.8 Å². The first-order valence-electron chi connectivity index (χ1n) is 12.9.